The maximum Gasteiger partial charge on any atom is 0.236 e. The van der Waals surface area contributed by atoms with Gasteiger partial charge >= 0.3 is 0 Å². The van der Waals surface area contributed by atoms with Crippen LogP contribution in [0.25, 0.3) is 0 Å². The molecular weight excluding hydrogens is 334 g/mol. The molecule has 24 heavy (non-hydrogen) atoms. The van der Waals surface area contributed by atoms with Crippen LogP contribution in [0.4, 0.5) is 0 Å². The predicted octanol–water partition coefficient (Wildman–Crippen LogP) is -0.305. The van der Waals surface area contributed by atoms with E-state index in [0.29, 0.717) is 11.4 Å². The third-order valence-corrected chi connectivity index (χ3v) is 4.28. The van der Waals surface area contributed by atoms with Gasteiger partial charge in [-0.25, -0.2) is 0 Å². The summed E-state index contributed by atoms with van der Waals surface area (Å²) in [6.45, 7) is -0.00269. The highest BCUT2D eigenvalue weighted by atomic mass is 35.5. The van der Waals surface area contributed by atoms with Crippen LogP contribution in [0.2, 0.25) is 5.02 Å². The van der Waals surface area contributed by atoms with Crippen molar-refractivity contribution in [3.8, 4) is 0 Å². The van der Waals surface area contributed by atoms with E-state index in [-0.39, 0.29) is 44.5 Å². The Balaban J connectivity index is 2.10. The molecule has 130 valence electrons. The van der Waals surface area contributed by atoms with E-state index < -0.39 is 11.3 Å². The average Bonchev–Trinajstić information content (AvgIpc) is 2.50. The summed E-state index contributed by atoms with van der Waals surface area (Å²) in [4.78, 5) is 36.8. The van der Waals surface area contributed by atoms with Crippen LogP contribution in [0.3, 0.4) is 0 Å². The Morgan fingerprint density at radius 2 is 1.88 bits per heavy atom. The van der Waals surface area contributed by atoms with E-state index in [2.05, 4.69) is 5.32 Å². The van der Waals surface area contributed by atoms with Gasteiger partial charge in [-0.1, -0.05) is 23.7 Å². The van der Waals surface area contributed by atoms with E-state index in [0.717, 1.165) is 5.56 Å². The Labute approximate surface area is 144 Å². The van der Waals surface area contributed by atoms with Crippen molar-refractivity contribution in [2.24, 2.45) is 11.1 Å². The molecule has 3 amide bonds. The zero-order valence-electron chi connectivity index (χ0n) is 13.1. The third-order valence-electron chi connectivity index (χ3n) is 4.03. The fraction of sp³-hybridized carbons (Fsp3) is 0.438. The van der Waals surface area contributed by atoms with Gasteiger partial charge in [0.05, 0.1) is 18.6 Å². The second-order valence-corrected chi connectivity index (χ2v) is 6.39. The van der Waals surface area contributed by atoms with Gasteiger partial charge in [-0.05, 0) is 24.1 Å². The second kappa shape index (κ2) is 7.63. The minimum absolute atomic E-state index is 0.0277. The van der Waals surface area contributed by atoms with Crippen LogP contribution in [0, 0.1) is 5.41 Å². The summed E-state index contributed by atoms with van der Waals surface area (Å²) in [6, 6.07) is 7.12. The van der Waals surface area contributed by atoms with Gasteiger partial charge in [0.25, 0.3) is 0 Å². The Bertz CT molecular complexity index is 627. The van der Waals surface area contributed by atoms with E-state index in [1.807, 2.05) is 12.1 Å². The van der Waals surface area contributed by atoms with E-state index >= 15 is 0 Å². The Morgan fingerprint density at radius 3 is 2.42 bits per heavy atom. The molecule has 0 aliphatic carbocycles. The summed E-state index contributed by atoms with van der Waals surface area (Å²) < 4.78 is 0. The number of nitrogens with zero attached hydrogens (tertiary/aromatic N) is 1. The lowest BCUT2D eigenvalue weighted by atomic mass is 9.73. The van der Waals surface area contributed by atoms with Crippen molar-refractivity contribution in [3.05, 3.63) is 34.9 Å². The summed E-state index contributed by atoms with van der Waals surface area (Å²) >= 11 is 5.87. The second-order valence-electron chi connectivity index (χ2n) is 5.96. The zero-order chi connectivity index (χ0) is 17.7. The fourth-order valence-electron chi connectivity index (χ4n) is 2.80. The van der Waals surface area contributed by atoms with Gasteiger partial charge in [0, 0.05) is 24.5 Å². The largest absolute Gasteiger partial charge is 0.396 e. The number of aliphatic hydroxyl groups is 1. The first-order valence-electron chi connectivity index (χ1n) is 7.56. The van der Waals surface area contributed by atoms with E-state index in [1.165, 1.54) is 4.90 Å². The molecule has 1 heterocycles. The third kappa shape index (κ3) is 4.24. The van der Waals surface area contributed by atoms with Gasteiger partial charge in [-0.15, -0.1) is 0 Å². The molecule has 0 radical (unpaired) electrons. The average molecular weight is 354 g/mol. The molecule has 7 nitrogen and oxygen atoms in total. The highest BCUT2D eigenvalue weighted by Crippen LogP contribution is 2.35. The molecule has 1 aromatic carbocycles. The number of benzene rings is 1. The van der Waals surface area contributed by atoms with Crippen molar-refractivity contribution in [2.45, 2.75) is 12.8 Å². The minimum atomic E-state index is -0.811. The molecule has 1 aromatic rings. The Hall–Kier alpha value is -2.12. The first-order chi connectivity index (χ1) is 11.4. The van der Waals surface area contributed by atoms with Gasteiger partial charge < -0.3 is 21.1 Å². The molecule has 1 aliphatic rings. The van der Waals surface area contributed by atoms with Crippen molar-refractivity contribution in [1.82, 2.24) is 10.2 Å². The maximum absolute atomic E-state index is 12.5. The van der Waals surface area contributed by atoms with Crippen LogP contribution in [0.15, 0.2) is 24.3 Å². The lowest BCUT2D eigenvalue weighted by Crippen LogP contribution is -2.66. The summed E-state index contributed by atoms with van der Waals surface area (Å²) in [5, 5.41) is 12.0. The molecule has 1 fully saturated rings. The van der Waals surface area contributed by atoms with E-state index in [1.54, 1.807) is 12.1 Å². The van der Waals surface area contributed by atoms with Crippen molar-refractivity contribution in [1.29, 1.82) is 0 Å². The summed E-state index contributed by atoms with van der Waals surface area (Å²) in [5.41, 5.74) is 5.16. The van der Waals surface area contributed by atoms with Crippen LogP contribution in [-0.2, 0) is 20.8 Å². The van der Waals surface area contributed by atoms with Crippen LogP contribution >= 0.6 is 11.6 Å². The molecule has 0 aromatic heterocycles. The number of primary amides is 1. The van der Waals surface area contributed by atoms with Gasteiger partial charge in [0.1, 0.15) is 0 Å². The number of likely N-dealkylation sites (tertiary alicyclic amines) is 1. The Kier molecular flexibility index (Phi) is 5.80. The predicted molar refractivity (Wildman–Crippen MR) is 88.1 cm³/mol. The number of nitrogens with two attached hydrogens (primary N) is 1. The topological polar surface area (TPSA) is 113 Å². The molecule has 8 heteroatoms. The molecule has 1 saturated heterocycles. The smallest absolute Gasteiger partial charge is 0.236 e. The Morgan fingerprint density at radius 1 is 1.25 bits per heavy atom. The SMILES string of the molecule is NC(=O)CNC(=O)C1(Cc2ccc(Cl)cc2)CN(C(=O)CCO)C1. The first kappa shape index (κ1) is 18.2. The van der Waals surface area contributed by atoms with E-state index in [9.17, 15) is 14.4 Å². The molecule has 0 atom stereocenters. The minimum Gasteiger partial charge on any atom is -0.396 e. The highest BCUT2D eigenvalue weighted by molar-refractivity contribution is 6.30. The zero-order valence-corrected chi connectivity index (χ0v) is 13.9. The normalized spacial score (nSPS) is 15.5. The van der Waals surface area contributed by atoms with Gasteiger partial charge in [-0.2, -0.15) is 0 Å². The fourth-order valence-corrected chi connectivity index (χ4v) is 2.92. The summed E-state index contributed by atoms with van der Waals surface area (Å²) in [7, 11) is 0. The van der Waals surface area contributed by atoms with Crippen molar-refractivity contribution in [2.75, 3.05) is 26.2 Å². The first-order valence-corrected chi connectivity index (χ1v) is 7.94. The molecule has 0 saturated carbocycles. The van der Waals surface area contributed by atoms with Crippen LogP contribution < -0.4 is 11.1 Å². The standard InChI is InChI=1S/C16H20ClN3O4/c17-12-3-1-11(2-4-12)7-16(15(24)19-8-13(18)22)9-20(10-16)14(23)5-6-21/h1-4,21H,5-10H2,(H2,18,22)(H,19,24). The van der Waals surface area contributed by atoms with Crippen molar-refractivity contribution < 1.29 is 19.5 Å². The lowest BCUT2D eigenvalue weighted by molar-refractivity contribution is -0.154. The monoisotopic (exact) mass is 353 g/mol. The van der Waals surface area contributed by atoms with Crippen LogP contribution in [0.5, 0.6) is 0 Å². The maximum atomic E-state index is 12.5. The number of halogens is 1. The van der Waals surface area contributed by atoms with Crippen LogP contribution in [-0.4, -0.2) is 54.0 Å². The van der Waals surface area contributed by atoms with Gasteiger partial charge in [0.15, 0.2) is 0 Å². The van der Waals surface area contributed by atoms with Crippen molar-refractivity contribution in [3.63, 3.8) is 0 Å². The van der Waals surface area contributed by atoms with Gasteiger partial charge in [-0.3, -0.25) is 14.4 Å². The summed E-state index contributed by atoms with van der Waals surface area (Å²) in [6.07, 6.45) is 0.442. The number of hydrogen-bond donors (Lipinski definition) is 3. The van der Waals surface area contributed by atoms with Crippen molar-refractivity contribution >= 4 is 29.3 Å². The number of carbonyl (C=O) groups is 3. The molecule has 0 bridgehead atoms. The summed E-state index contributed by atoms with van der Waals surface area (Å²) in [5.74, 6) is -1.14. The molecule has 4 N–H and O–H groups in total. The molecular formula is C16H20ClN3O4. The molecule has 0 spiro atoms. The number of rotatable bonds is 7. The van der Waals surface area contributed by atoms with Gasteiger partial charge in [0.2, 0.25) is 17.7 Å². The number of carbonyl (C=O) groups excluding carboxylic acids is 3. The number of nitrogens with one attached hydrogen (secondary N) is 1. The lowest BCUT2D eigenvalue weighted by Gasteiger charge is -2.49. The van der Waals surface area contributed by atoms with E-state index in [4.69, 9.17) is 22.4 Å². The quantitative estimate of drug-likeness (QED) is 0.624. The number of amides is 3. The number of hydrogen-bond acceptors (Lipinski definition) is 4. The molecule has 2 rings (SSSR count). The van der Waals surface area contributed by atoms with Crippen LogP contribution in [0.1, 0.15) is 12.0 Å². The number of aliphatic hydroxyl groups excluding tert-OH is 1. The molecule has 1 aliphatic heterocycles. The molecule has 0 unspecified atom stereocenters. The highest BCUT2D eigenvalue weighted by Gasteiger charge is 2.50.